The molecule has 0 aromatic carbocycles. The molecule has 6 atom stereocenters. The second-order valence-electron chi connectivity index (χ2n) is 17.9. The Morgan fingerprint density at radius 2 is 1.60 bits per heavy atom. The summed E-state index contributed by atoms with van der Waals surface area (Å²) in [5.74, 6) is -5.95. The van der Waals surface area contributed by atoms with E-state index in [4.69, 9.17) is 24.5 Å². The number of esters is 2. The number of cyclic esters (lactones) is 2. The number of hydrogen-bond donors (Lipinski definition) is 10. The highest BCUT2D eigenvalue weighted by Crippen LogP contribution is 2.32. The number of allylic oxidation sites excluding steroid dienone is 6. The molecule has 72 heavy (non-hydrogen) atoms. The van der Waals surface area contributed by atoms with Crippen LogP contribution in [-0.2, 0) is 58.1 Å². The molecule has 0 saturated carbocycles. The Morgan fingerprint density at radius 3 is 2.22 bits per heavy atom. The predicted octanol–water partition coefficient (Wildman–Crippen LogP) is 1.74. The smallest absolute Gasteiger partial charge is 0.361 e. The zero-order valence-corrected chi connectivity index (χ0v) is 43.4. The Hall–Kier alpha value is -6.34. The number of urea groups is 2. The van der Waals surface area contributed by atoms with Gasteiger partial charge in [0, 0.05) is 33.0 Å². The summed E-state index contributed by atoms with van der Waals surface area (Å²) in [4.78, 5) is 119. The van der Waals surface area contributed by atoms with Crippen LogP contribution >= 0.6 is 0 Å². The summed E-state index contributed by atoms with van der Waals surface area (Å²) >= 11 is 0. The van der Waals surface area contributed by atoms with E-state index in [1.165, 1.54) is 31.8 Å². The van der Waals surface area contributed by atoms with Crippen LogP contribution in [0.4, 0.5) is 9.59 Å². The minimum absolute atomic E-state index is 0.000114. The van der Waals surface area contributed by atoms with Crippen LogP contribution in [0.3, 0.4) is 0 Å². The second-order valence-corrected chi connectivity index (χ2v) is 19.1. The van der Waals surface area contributed by atoms with Gasteiger partial charge < -0.3 is 57.2 Å². The van der Waals surface area contributed by atoms with Gasteiger partial charge in [-0.25, -0.2) is 14.3 Å². The molecule has 0 bridgehead atoms. The van der Waals surface area contributed by atoms with Gasteiger partial charge >= 0.3 is 34.3 Å². The first kappa shape index (κ1) is 63.7. The van der Waals surface area contributed by atoms with Gasteiger partial charge in [-0.3, -0.25) is 38.1 Å². The number of carbonyl (C=O) groups excluding carboxylic acids is 9. The predicted molar refractivity (Wildman–Crippen MR) is 265 cm³/mol. The fraction of sp³-hybridized carbons (Fsp3) is 0.638. The van der Waals surface area contributed by atoms with Gasteiger partial charge in [-0.2, -0.15) is 8.42 Å². The summed E-state index contributed by atoms with van der Waals surface area (Å²) in [6.07, 6.45) is 13.0. The van der Waals surface area contributed by atoms with Crippen LogP contribution in [0.15, 0.2) is 48.2 Å². The maximum absolute atomic E-state index is 14.3. The maximum atomic E-state index is 14.3. The van der Waals surface area contributed by atoms with E-state index < -0.39 is 119 Å². The lowest BCUT2D eigenvalue weighted by Crippen LogP contribution is -2.56. The Balaban J connectivity index is 3.65. The van der Waals surface area contributed by atoms with E-state index in [-0.39, 0.29) is 56.7 Å². The normalized spacial score (nSPS) is 22.2. The van der Waals surface area contributed by atoms with Gasteiger partial charge in [0.15, 0.2) is 0 Å². The molecule has 0 spiro atoms. The van der Waals surface area contributed by atoms with Gasteiger partial charge in [0.1, 0.15) is 36.5 Å². The quantitative estimate of drug-likeness (QED) is 0.0207. The molecule has 0 radical (unpaired) electrons. The van der Waals surface area contributed by atoms with Gasteiger partial charge in [-0.15, -0.1) is 0 Å². The van der Waals surface area contributed by atoms with Crippen molar-refractivity contribution in [3.8, 4) is 0 Å². The first-order valence-electron chi connectivity index (χ1n) is 24.0. The topological polar surface area (TPSA) is 358 Å². The van der Waals surface area contributed by atoms with Gasteiger partial charge in [-0.1, -0.05) is 83.6 Å². The van der Waals surface area contributed by atoms with Crippen molar-refractivity contribution in [2.24, 2.45) is 23.0 Å². The largest absolute Gasteiger partial charge is 0.462 e. The maximum Gasteiger partial charge on any atom is 0.361 e. The van der Waals surface area contributed by atoms with Crippen molar-refractivity contribution in [3.63, 3.8) is 0 Å². The first-order valence-corrected chi connectivity index (χ1v) is 25.4. The Labute approximate surface area is 422 Å². The van der Waals surface area contributed by atoms with Crippen molar-refractivity contribution < 1.29 is 70.3 Å². The lowest BCUT2D eigenvalue weighted by Gasteiger charge is -2.35. The third kappa shape index (κ3) is 26.8. The molecule has 24 nitrogen and oxygen atoms in total. The number of ether oxygens (including phenoxy) is 3. The van der Waals surface area contributed by atoms with Crippen LogP contribution in [0.25, 0.3) is 0 Å². The second kappa shape index (κ2) is 33.3. The molecule has 0 aromatic heterocycles. The number of primary amides is 1. The minimum Gasteiger partial charge on any atom is -0.462 e. The molecule has 9 amide bonds. The van der Waals surface area contributed by atoms with Crippen molar-refractivity contribution in [2.45, 2.75) is 143 Å². The van der Waals surface area contributed by atoms with Gasteiger partial charge in [0.05, 0.1) is 18.1 Å². The third-order valence-corrected chi connectivity index (χ3v) is 11.6. The zero-order valence-electron chi connectivity index (χ0n) is 42.6. The summed E-state index contributed by atoms with van der Waals surface area (Å²) in [5, 5.41) is 16.3. The molecule has 11 N–H and O–H groups in total. The van der Waals surface area contributed by atoms with Crippen LogP contribution in [0.5, 0.6) is 0 Å². The molecule has 406 valence electrons. The number of carbonyl (C=O) groups is 9. The molecule has 1 unspecified atom stereocenters. The van der Waals surface area contributed by atoms with Crippen LogP contribution in [0, 0.1) is 17.3 Å². The fourth-order valence-corrected chi connectivity index (χ4v) is 6.96. The van der Waals surface area contributed by atoms with E-state index in [9.17, 15) is 51.6 Å². The summed E-state index contributed by atoms with van der Waals surface area (Å²) in [5.41, 5.74) is 3.41. The van der Waals surface area contributed by atoms with Crippen molar-refractivity contribution in [2.75, 3.05) is 33.3 Å². The lowest BCUT2D eigenvalue weighted by molar-refractivity contribution is -0.178. The molecular weight excluding hydrogens is 963 g/mol. The lowest BCUT2D eigenvalue weighted by atomic mass is 9.83. The van der Waals surface area contributed by atoms with Crippen molar-refractivity contribution in [3.05, 3.63) is 48.2 Å². The molecule has 1 fully saturated rings. The molecule has 1 aliphatic rings. The number of hydrogen-bond acceptors (Lipinski definition) is 14. The molecule has 0 aromatic rings. The highest BCUT2D eigenvalue weighted by Gasteiger charge is 2.43. The molecule has 25 heteroatoms. The highest BCUT2D eigenvalue weighted by molar-refractivity contribution is 7.84. The average molecular weight is 1040 g/mol. The fourth-order valence-electron chi connectivity index (χ4n) is 6.65. The third-order valence-electron chi connectivity index (χ3n) is 11.2. The number of methoxy groups -OCH3 is 1. The molecular formula is C47H77N9O15S. The molecule has 0 aliphatic carbocycles. The monoisotopic (exact) mass is 1040 g/mol. The Bertz CT molecular complexity index is 2070. The summed E-state index contributed by atoms with van der Waals surface area (Å²) in [6.45, 7) is 10.3. The van der Waals surface area contributed by atoms with Crippen molar-refractivity contribution in [1.29, 1.82) is 0 Å². The summed E-state index contributed by atoms with van der Waals surface area (Å²) < 4.78 is 49.8. The summed E-state index contributed by atoms with van der Waals surface area (Å²) in [7, 11) is -3.44. The summed E-state index contributed by atoms with van der Waals surface area (Å²) in [6, 6.07) is -5.38. The first-order chi connectivity index (χ1) is 33.8. The number of nitrogens with one attached hydrogen (secondary N) is 8. The van der Waals surface area contributed by atoms with Crippen molar-refractivity contribution in [1.82, 2.24) is 41.9 Å². The molecule has 1 rings (SSSR count). The van der Waals surface area contributed by atoms with E-state index in [0.717, 1.165) is 12.8 Å². The Morgan fingerprint density at radius 1 is 0.917 bits per heavy atom. The molecule has 1 aliphatic heterocycles. The van der Waals surface area contributed by atoms with E-state index >= 15 is 0 Å². The average Bonchev–Trinajstić information content (AvgIpc) is 3.30. The number of nitrogens with two attached hydrogens (primary N) is 1. The van der Waals surface area contributed by atoms with E-state index in [1.807, 2.05) is 26.0 Å². The van der Waals surface area contributed by atoms with Crippen LogP contribution < -0.4 is 47.7 Å². The standard InChI is InChI=1S/C47H77N9O15S/c1-9-19-33-43(62)55-34(22-18-25-49-46(65)56-72(66,67)68)41(60)50-28-39(58)54-35(27-52-45(48)64)42(61)51-29-40(59)71-37(26-32(69-8)21-17-15-13-11-12-14-16-20-30(3)4)47(6,7)44(63)70-36(31(5)10-2)23-24-38(57)53-33/h12-15,17,19,21,30-32,34-37H,9-11,16,18,20,22-29H2,1-8H3,(H,50,60)(H,51,61)(H,53,57)(H,54,58)(H,55,62)(H3,48,52,64)(H2,49,56,65)(H,66,67,68)/b14-12-,15-13+,21-17+,33-19-/t31-,32-,34?,35-,36-,37-/m0/s1. The van der Waals surface area contributed by atoms with E-state index in [0.29, 0.717) is 18.8 Å². The number of amides is 9. The van der Waals surface area contributed by atoms with Crippen LogP contribution in [-0.4, -0.2) is 130 Å². The Kier molecular flexibility index (Phi) is 29.5. The molecule has 1 saturated heterocycles. The van der Waals surface area contributed by atoms with E-state index in [2.05, 4.69) is 63.2 Å². The van der Waals surface area contributed by atoms with Gasteiger partial charge in [-0.05, 0) is 70.6 Å². The SMILES string of the molecule is CC/C=C1\NC(=O)CC[C@@H]([C@@H](C)CC)OC(=O)C(C)(C)[C@H](C[C@H](/C=C/C=C/C/C=C\CCC(C)C)OC)OC(=O)CNC(=O)[C@H](CNC(N)=O)NC(=O)CNC(=O)C(CCCNC(=O)NS(=O)(=O)O)NC1=O. The van der Waals surface area contributed by atoms with Gasteiger partial charge in [0.25, 0.3) is 5.91 Å². The highest BCUT2D eigenvalue weighted by atomic mass is 32.2. The van der Waals surface area contributed by atoms with Crippen LogP contribution in [0.1, 0.15) is 113 Å². The minimum atomic E-state index is -4.88. The van der Waals surface area contributed by atoms with Crippen molar-refractivity contribution >= 4 is 63.8 Å². The van der Waals surface area contributed by atoms with Crippen LogP contribution in [0.2, 0.25) is 0 Å². The molecule has 1 heterocycles. The van der Waals surface area contributed by atoms with Gasteiger partial charge in [0.2, 0.25) is 23.6 Å². The zero-order chi connectivity index (χ0) is 54.4. The van der Waals surface area contributed by atoms with E-state index in [1.54, 1.807) is 19.1 Å². The number of rotatable bonds is 20.